The van der Waals surface area contributed by atoms with E-state index in [9.17, 15) is 9.59 Å². The van der Waals surface area contributed by atoms with Crippen LogP contribution in [-0.2, 0) is 11.3 Å². The Bertz CT molecular complexity index is 768. The minimum Gasteiger partial charge on any atom is -0.354 e. The second-order valence-electron chi connectivity index (χ2n) is 8.16. The maximum atomic E-state index is 12.3. The zero-order valence-electron chi connectivity index (χ0n) is 13.7. The number of carbonyl (C=O) groups is 1. The summed E-state index contributed by atoms with van der Waals surface area (Å²) in [7, 11) is 0. The maximum absolute atomic E-state index is 12.3. The Kier molecular flexibility index (Phi) is 4.44. The number of alkyl halides is 1. The summed E-state index contributed by atoms with van der Waals surface area (Å²) in [6, 6.07) is 0. The molecule has 2 unspecified atom stereocenters. The molecule has 1 N–H and O–H groups in total. The Labute approximate surface area is 164 Å². The molecule has 4 aliphatic carbocycles. The van der Waals surface area contributed by atoms with Gasteiger partial charge in [0.25, 0.3) is 5.56 Å². The number of aromatic nitrogens is 2. The van der Waals surface area contributed by atoms with Gasteiger partial charge in [0.1, 0.15) is 11.6 Å². The number of halogens is 3. The topological polar surface area (TPSA) is 64.0 Å². The van der Waals surface area contributed by atoms with E-state index in [4.69, 9.17) is 23.2 Å². The molecule has 5 nitrogen and oxygen atoms in total. The Hall–Kier alpha value is -0.590. The minimum absolute atomic E-state index is 0.0968. The third-order valence-electron chi connectivity index (χ3n) is 6.01. The Morgan fingerprint density at radius 2 is 2.00 bits per heavy atom. The molecule has 0 spiro atoms. The first-order chi connectivity index (χ1) is 11.8. The Morgan fingerprint density at radius 1 is 1.32 bits per heavy atom. The highest BCUT2D eigenvalue weighted by Crippen LogP contribution is 2.64. The summed E-state index contributed by atoms with van der Waals surface area (Å²) >= 11 is 15.6. The van der Waals surface area contributed by atoms with E-state index in [1.54, 1.807) is 0 Å². The summed E-state index contributed by atoms with van der Waals surface area (Å²) in [5.74, 6) is 1.33. The molecular weight excluding hydrogens is 429 g/mol. The first kappa shape index (κ1) is 17.8. The van der Waals surface area contributed by atoms with Gasteiger partial charge >= 0.3 is 0 Å². The monoisotopic (exact) mass is 447 g/mol. The van der Waals surface area contributed by atoms with Crippen LogP contribution in [0.25, 0.3) is 0 Å². The molecule has 8 heteroatoms. The second-order valence-corrected chi connectivity index (χ2v) is 10.6. The second kappa shape index (κ2) is 6.24. The van der Waals surface area contributed by atoms with Crippen molar-refractivity contribution >= 4 is 45.0 Å². The van der Waals surface area contributed by atoms with E-state index in [0.717, 1.165) is 22.9 Å². The minimum atomic E-state index is -0.543. The zero-order chi connectivity index (χ0) is 17.8. The number of amides is 1. The summed E-state index contributed by atoms with van der Waals surface area (Å²) in [6.45, 7) is 0.528. The average Bonchev–Trinajstić information content (AvgIpc) is 2.51. The predicted octanol–water partition coefficient (Wildman–Crippen LogP) is 3.40. The molecule has 4 bridgehead atoms. The fraction of sp³-hybridized carbons (Fsp3) is 0.706. The van der Waals surface area contributed by atoms with E-state index < -0.39 is 5.56 Å². The highest BCUT2D eigenvalue weighted by Gasteiger charge is 2.56. The molecule has 1 aromatic rings. The number of hydrogen-bond acceptors (Lipinski definition) is 3. The molecule has 25 heavy (non-hydrogen) atoms. The molecule has 4 aliphatic rings. The molecule has 1 aromatic heterocycles. The highest BCUT2D eigenvalue weighted by molar-refractivity contribution is 9.10. The summed E-state index contributed by atoms with van der Waals surface area (Å²) in [6.07, 6.45) is 8.67. The first-order valence-corrected chi connectivity index (χ1v) is 10.2. The van der Waals surface area contributed by atoms with Crippen LogP contribution in [0.2, 0.25) is 10.0 Å². The van der Waals surface area contributed by atoms with Crippen molar-refractivity contribution in [2.24, 2.45) is 17.3 Å². The number of rotatable bonds is 4. The third kappa shape index (κ3) is 3.37. The molecule has 5 rings (SSSR count). The van der Waals surface area contributed by atoms with Crippen molar-refractivity contribution in [2.45, 2.75) is 49.4 Å². The van der Waals surface area contributed by atoms with Crippen LogP contribution >= 0.6 is 39.1 Å². The van der Waals surface area contributed by atoms with Gasteiger partial charge in [0.05, 0.1) is 11.2 Å². The van der Waals surface area contributed by atoms with Crippen LogP contribution in [0, 0.1) is 17.3 Å². The molecule has 0 aromatic carbocycles. The fourth-order valence-electron chi connectivity index (χ4n) is 5.58. The molecule has 1 amide bonds. The van der Waals surface area contributed by atoms with E-state index in [0.29, 0.717) is 6.54 Å². The lowest BCUT2D eigenvalue weighted by Crippen LogP contribution is -2.56. The van der Waals surface area contributed by atoms with Gasteiger partial charge in [-0.05, 0) is 55.8 Å². The van der Waals surface area contributed by atoms with Gasteiger partial charge in [0.15, 0.2) is 0 Å². The Morgan fingerprint density at radius 3 is 2.64 bits per heavy atom. The quantitative estimate of drug-likeness (QED) is 0.718. The third-order valence-corrected chi connectivity index (χ3v) is 7.68. The normalized spacial score (nSPS) is 35.8. The van der Waals surface area contributed by atoms with Crippen molar-refractivity contribution in [1.29, 1.82) is 0 Å². The molecule has 136 valence electrons. The lowest BCUT2D eigenvalue weighted by atomic mass is 9.49. The van der Waals surface area contributed by atoms with E-state index in [2.05, 4.69) is 26.3 Å². The first-order valence-electron chi connectivity index (χ1n) is 8.64. The van der Waals surface area contributed by atoms with Crippen LogP contribution in [0.5, 0.6) is 0 Å². The summed E-state index contributed by atoms with van der Waals surface area (Å²) in [5.41, 5.74) is -0.349. The van der Waals surface area contributed by atoms with Crippen molar-refractivity contribution in [2.75, 3.05) is 6.54 Å². The number of hydrogen-bond donors (Lipinski definition) is 1. The van der Waals surface area contributed by atoms with Crippen molar-refractivity contribution in [1.82, 2.24) is 15.1 Å². The molecule has 0 saturated heterocycles. The maximum Gasteiger partial charge on any atom is 0.287 e. The van der Waals surface area contributed by atoms with Crippen LogP contribution in [0.1, 0.15) is 38.5 Å². The molecule has 4 saturated carbocycles. The van der Waals surface area contributed by atoms with Gasteiger partial charge in [-0.3, -0.25) is 9.59 Å². The van der Waals surface area contributed by atoms with E-state index >= 15 is 0 Å². The summed E-state index contributed by atoms with van der Waals surface area (Å²) in [5, 5.41) is 6.91. The van der Waals surface area contributed by atoms with Gasteiger partial charge in [0.2, 0.25) is 5.91 Å². The van der Waals surface area contributed by atoms with Gasteiger partial charge in [-0.2, -0.15) is 5.10 Å². The van der Waals surface area contributed by atoms with Crippen LogP contribution in [0.4, 0.5) is 0 Å². The van der Waals surface area contributed by atoms with Gasteiger partial charge in [-0.15, -0.1) is 0 Å². The van der Waals surface area contributed by atoms with Crippen molar-refractivity contribution < 1.29 is 4.79 Å². The Balaban J connectivity index is 1.41. The number of carbonyl (C=O) groups excluding carboxylic acids is 1. The van der Waals surface area contributed by atoms with Crippen LogP contribution in [0.3, 0.4) is 0 Å². The molecule has 0 aliphatic heterocycles. The lowest BCUT2D eigenvalue weighted by molar-refractivity contribution is -0.123. The van der Waals surface area contributed by atoms with E-state index in [-0.39, 0.29) is 32.2 Å². The number of nitrogens with one attached hydrogen (secondary N) is 1. The lowest BCUT2D eigenvalue weighted by Gasteiger charge is -2.60. The van der Waals surface area contributed by atoms with Crippen LogP contribution < -0.4 is 10.9 Å². The molecular formula is C17H20BrCl2N3O2. The van der Waals surface area contributed by atoms with Crippen molar-refractivity contribution in [3.63, 3.8) is 0 Å². The smallest absolute Gasteiger partial charge is 0.287 e. The highest BCUT2D eigenvalue weighted by atomic mass is 79.9. The standard InChI is InChI=1S/C17H20BrCl2N3O2/c18-17-4-10-1-11(5-17)3-16(2-10,8-17)9-21-13(24)7-23-15(25)14(20)12(19)6-22-23/h6,10-11H,1-5,7-9H2,(H,21,24). The van der Waals surface area contributed by atoms with Crippen LogP contribution in [-0.4, -0.2) is 26.6 Å². The van der Waals surface area contributed by atoms with Crippen molar-refractivity contribution in [3.8, 4) is 0 Å². The summed E-state index contributed by atoms with van der Waals surface area (Å²) < 4.78 is 1.32. The van der Waals surface area contributed by atoms with Crippen LogP contribution in [0.15, 0.2) is 11.0 Å². The van der Waals surface area contributed by atoms with Gasteiger partial charge < -0.3 is 5.32 Å². The van der Waals surface area contributed by atoms with Gasteiger partial charge in [-0.1, -0.05) is 39.1 Å². The fourth-order valence-corrected chi connectivity index (χ4v) is 7.36. The van der Waals surface area contributed by atoms with Gasteiger partial charge in [0, 0.05) is 10.9 Å². The molecule has 0 radical (unpaired) electrons. The SMILES string of the molecule is O=C(Cn1ncc(Cl)c(Cl)c1=O)NCC12CC3CC(CC(Br)(C3)C1)C2. The molecule has 4 fully saturated rings. The zero-order valence-corrected chi connectivity index (χ0v) is 16.8. The predicted molar refractivity (Wildman–Crippen MR) is 100 cm³/mol. The largest absolute Gasteiger partial charge is 0.354 e. The van der Waals surface area contributed by atoms with Crippen molar-refractivity contribution in [3.05, 3.63) is 26.6 Å². The molecule has 1 heterocycles. The molecule has 2 atom stereocenters. The average molecular weight is 449 g/mol. The van der Waals surface area contributed by atoms with E-state index in [1.165, 1.54) is 38.3 Å². The van der Waals surface area contributed by atoms with E-state index in [1.807, 2.05) is 0 Å². The number of nitrogens with zero attached hydrogens (tertiary/aromatic N) is 2. The summed E-state index contributed by atoms with van der Waals surface area (Å²) in [4.78, 5) is 24.3. The van der Waals surface area contributed by atoms with Gasteiger partial charge in [-0.25, -0.2) is 4.68 Å².